The van der Waals surface area contributed by atoms with Crippen LogP contribution in [0.15, 0.2) is 29.3 Å². The molecule has 0 radical (unpaired) electrons. The Balaban J connectivity index is 2.67. The number of nitriles is 2. The highest BCUT2D eigenvalue weighted by atomic mass is 35.5. The van der Waals surface area contributed by atoms with Gasteiger partial charge in [-0.3, -0.25) is 4.79 Å². The van der Waals surface area contributed by atoms with Crippen LogP contribution in [0, 0.1) is 22.7 Å². The third kappa shape index (κ3) is 3.91. The number of nitrogens with zero attached hydrogens (tertiary/aromatic N) is 3. The van der Waals surface area contributed by atoms with Gasteiger partial charge < -0.3 is 10.5 Å². The van der Waals surface area contributed by atoms with Gasteiger partial charge in [-0.25, -0.2) is 4.98 Å². The zero-order chi connectivity index (χ0) is 19.3. The van der Waals surface area contributed by atoms with E-state index in [2.05, 4.69) is 11.1 Å². The Bertz CT molecular complexity index is 934. The number of carbonyl (C=O) groups excluding carboxylic acids is 1. The number of anilines is 1. The number of hydrogen-bond donors (Lipinski definition) is 1. The van der Waals surface area contributed by atoms with Crippen molar-refractivity contribution in [1.29, 1.82) is 10.5 Å². The van der Waals surface area contributed by atoms with E-state index in [0.29, 0.717) is 16.1 Å². The Morgan fingerprint density at radius 3 is 2.58 bits per heavy atom. The lowest BCUT2D eigenvalue weighted by Crippen LogP contribution is -2.17. The minimum atomic E-state index is -0.596. The van der Waals surface area contributed by atoms with E-state index in [0.717, 1.165) is 11.8 Å². The first-order valence-corrected chi connectivity index (χ1v) is 8.92. The van der Waals surface area contributed by atoms with E-state index >= 15 is 0 Å². The molecule has 1 unspecified atom stereocenters. The fraction of sp³-hybridized carbons (Fsp3) is 0.222. The number of hydrogen-bond acceptors (Lipinski definition) is 7. The van der Waals surface area contributed by atoms with Crippen LogP contribution in [0.5, 0.6) is 0 Å². The summed E-state index contributed by atoms with van der Waals surface area (Å²) in [7, 11) is 0. The van der Waals surface area contributed by atoms with Gasteiger partial charge >= 0.3 is 5.97 Å². The largest absolute Gasteiger partial charge is 0.465 e. The van der Waals surface area contributed by atoms with E-state index in [9.17, 15) is 15.3 Å². The SMILES string of the molecule is CCOC(=O)C(C)Sc1nc(N)c(C#N)c(-c2ccccc2Cl)c1C#N. The molecule has 0 saturated heterocycles. The first-order chi connectivity index (χ1) is 12.4. The summed E-state index contributed by atoms with van der Waals surface area (Å²) in [5.41, 5.74) is 6.97. The molecule has 1 atom stereocenters. The first kappa shape index (κ1) is 19.6. The van der Waals surface area contributed by atoms with Crippen molar-refractivity contribution in [1.82, 2.24) is 4.98 Å². The molecular formula is C18H15ClN4O2S. The minimum Gasteiger partial charge on any atom is -0.465 e. The van der Waals surface area contributed by atoms with Crippen LogP contribution in [0.3, 0.4) is 0 Å². The molecule has 26 heavy (non-hydrogen) atoms. The number of carbonyl (C=O) groups is 1. The van der Waals surface area contributed by atoms with E-state index in [1.165, 1.54) is 0 Å². The molecule has 2 N–H and O–H groups in total. The van der Waals surface area contributed by atoms with E-state index in [-0.39, 0.29) is 28.6 Å². The topological polar surface area (TPSA) is 113 Å². The molecule has 0 aliphatic carbocycles. The normalized spacial score (nSPS) is 11.3. The zero-order valence-corrected chi connectivity index (χ0v) is 15.7. The highest BCUT2D eigenvalue weighted by Crippen LogP contribution is 2.39. The number of thioether (sulfide) groups is 1. The van der Waals surface area contributed by atoms with E-state index in [1.807, 2.05) is 6.07 Å². The molecule has 8 heteroatoms. The highest BCUT2D eigenvalue weighted by Gasteiger charge is 2.25. The summed E-state index contributed by atoms with van der Waals surface area (Å²) in [6, 6.07) is 10.9. The monoisotopic (exact) mass is 386 g/mol. The van der Waals surface area contributed by atoms with Gasteiger partial charge in [-0.2, -0.15) is 10.5 Å². The molecule has 2 rings (SSSR count). The minimum absolute atomic E-state index is 0.0278. The number of halogens is 1. The van der Waals surface area contributed by atoms with E-state index in [4.69, 9.17) is 22.1 Å². The van der Waals surface area contributed by atoms with Crippen LogP contribution < -0.4 is 5.73 Å². The maximum atomic E-state index is 11.9. The molecule has 6 nitrogen and oxygen atoms in total. The van der Waals surface area contributed by atoms with Crippen LogP contribution in [0.1, 0.15) is 25.0 Å². The summed E-state index contributed by atoms with van der Waals surface area (Å²) in [4.78, 5) is 16.1. The summed E-state index contributed by atoms with van der Waals surface area (Å²) >= 11 is 7.31. The molecule has 1 heterocycles. The van der Waals surface area contributed by atoms with Crippen molar-refractivity contribution in [3.05, 3.63) is 40.4 Å². The van der Waals surface area contributed by atoms with Crippen molar-refractivity contribution >= 4 is 35.1 Å². The maximum Gasteiger partial charge on any atom is 0.319 e. The molecule has 0 aliphatic heterocycles. The summed E-state index contributed by atoms with van der Waals surface area (Å²) in [5.74, 6) is -0.453. The Morgan fingerprint density at radius 2 is 2.00 bits per heavy atom. The number of rotatable bonds is 5. The maximum absolute atomic E-state index is 11.9. The van der Waals surface area contributed by atoms with Crippen molar-refractivity contribution < 1.29 is 9.53 Å². The Kier molecular flexibility index (Phi) is 6.46. The molecule has 0 amide bonds. The molecular weight excluding hydrogens is 372 g/mol. The lowest BCUT2D eigenvalue weighted by Gasteiger charge is -2.15. The third-order valence-electron chi connectivity index (χ3n) is 3.47. The average Bonchev–Trinajstić information content (AvgIpc) is 2.62. The third-order valence-corrected chi connectivity index (χ3v) is 4.86. The van der Waals surface area contributed by atoms with Crippen LogP contribution >= 0.6 is 23.4 Å². The first-order valence-electron chi connectivity index (χ1n) is 7.66. The van der Waals surface area contributed by atoms with Gasteiger partial charge in [-0.05, 0) is 19.9 Å². The quantitative estimate of drug-likeness (QED) is 0.614. The number of esters is 1. The molecule has 0 bridgehead atoms. The lowest BCUT2D eigenvalue weighted by atomic mass is 9.97. The molecule has 1 aromatic carbocycles. The number of nitrogen functional groups attached to an aromatic ring is 1. The van der Waals surface area contributed by atoms with Crippen LogP contribution in [0.25, 0.3) is 11.1 Å². The standard InChI is InChI=1S/C18H15ClN4O2S/c1-3-25-18(24)10(2)26-17-13(9-21)15(12(8-20)16(22)23-17)11-6-4-5-7-14(11)19/h4-7,10H,3H2,1-2H3,(H2,22,23). The molecule has 0 aliphatic rings. The zero-order valence-electron chi connectivity index (χ0n) is 14.1. The van der Waals surface area contributed by atoms with Crippen LogP contribution in [-0.4, -0.2) is 22.8 Å². The van der Waals surface area contributed by atoms with Gasteiger partial charge in [0.25, 0.3) is 0 Å². The second kappa shape index (κ2) is 8.57. The van der Waals surface area contributed by atoms with Gasteiger partial charge in [0.1, 0.15) is 33.8 Å². The molecule has 132 valence electrons. The van der Waals surface area contributed by atoms with Gasteiger partial charge in [0, 0.05) is 16.1 Å². The second-order valence-corrected chi connectivity index (χ2v) is 6.88. The predicted molar refractivity (Wildman–Crippen MR) is 100 cm³/mol. The Morgan fingerprint density at radius 1 is 1.35 bits per heavy atom. The smallest absolute Gasteiger partial charge is 0.319 e. The summed E-state index contributed by atoms with van der Waals surface area (Å²) in [5, 5.41) is 19.2. The number of benzene rings is 1. The van der Waals surface area contributed by atoms with Gasteiger partial charge in [-0.1, -0.05) is 41.6 Å². The van der Waals surface area contributed by atoms with Crippen LogP contribution in [-0.2, 0) is 9.53 Å². The number of nitrogens with two attached hydrogens (primary N) is 1. The van der Waals surface area contributed by atoms with Gasteiger partial charge in [0.2, 0.25) is 0 Å². The molecule has 0 saturated carbocycles. The lowest BCUT2D eigenvalue weighted by molar-refractivity contribution is -0.142. The second-order valence-electron chi connectivity index (χ2n) is 5.14. The molecule has 1 aromatic heterocycles. The van der Waals surface area contributed by atoms with Crippen molar-refractivity contribution in [3.63, 3.8) is 0 Å². The number of aromatic nitrogens is 1. The van der Waals surface area contributed by atoms with Crippen LogP contribution in [0.4, 0.5) is 5.82 Å². The van der Waals surface area contributed by atoms with Crippen molar-refractivity contribution in [2.45, 2.75) is 24.1 Å². The van der Waals surface area contributed by atoms with Gasteiger partial charge in [-0.15, -0.1) is 0 Å². The van der Waals surface area contributed by atoms with Gasteiger partial charge in [0.05, 0.1) is 12.2 Å². The predicted octanol–water partition coefficient (Wildman–Crippen LogP) is 3.77. The highest BCUT2D eigenvalue weighted by molar-refractivity contribution is 8.00. The van der Waals surface area contributed by atoms with Crippen molar-refractivity contribution in [3.8, 4) is 23.3 Å². The molecule has 0 spiro atoms. The van der Waals surface area contributed by atoms with E-state index in [1.54, 1.807) is 38.1 Å². The van der Waals surface area contributed by atoms with Crippen LogP contribution in [0.2, 0.25) is 5.02 Å². The summed E-state index contributed by atoms with van der Waals surface area (Å²) < 4.78 is 4.98. The number of pyridine rings is 1. The fourth-order valence-electron chi connectivity index (χ4n) is 2.29. The van der Waals surface area contributed by atoms with Crippen molar-refractivity contribution in [2.24, 2.45) is 0 Å². The number of ether oxygens (including phenoxy) is 1. The fourth-order valence-corrected chi connectivity index (χ4v) is 3.44. The van der Waals surface area contributed by atoms with Gasteiger partial charge in [0.15, 0.2) is 0 Å². The Labute approximate surface area is 160 Å². The van der Waals surface area contributed by atoms with Crippen molar-refractivity contribution in [2.75, 3.05) is 12.3 Å². The summed E-state index contributed by atoms with van der Waals surface area (Å²) in [6.45, 7) is 3.61. The molecule has 0 fully saturated rings. The van der Waals surface area contributed by atoms with E-state index < -0.39 is 11.2 Å². The Hall–Kier alpha value is -2.74. The average molecular weight is 387 g/mol. The summed E-state index contributed by atoms with van der Waals surface area (Å²) in [6.07, 6.45) is 0. The molecule has 2 aromatic rings.